The van der Waals surface area contributed by atoms with Gasteiger partial charge in [-0.05, 0) is 0 Å². The molecule has 0 fully saturated rings. The van der Waals surface area contributed by atoms with Crippen LogP contribution in [0.25, 0.3) is 0 Å². The van der Waals surface area contributed by atoms with Crippen LogP contribution in [-0.2, 0) is 6.54 Å². The predicted molar refractivity (Wildman–Crippen MR) is 53.8 cm³/mol. The van der Waals surface area contributed by atoms with Crippen molar-refractivity contribution in [1.82, 2.24) is 15.3 Å². The second kappa shape index (κ2) is 6.11. The molecule has 16 heavy (non-hydrogen) atoms. The number of nitrogens with one attached hydrogen (secondary N) is 1. The van der Waals surface area contributed by atoms with Gasteiger partial charge in [0, 0.05) is 12.7 Å². The molecule has 0 bridgehead atoms. The predicted octanol–water partition coefficient (Wildman–Crippen LogP) is -1.38. The quantitative estimate of drug-likeness (QED) is 0.473. The fraction of sp³-hybridized carbons (Fsp3) is 0.444. The number of aliphatic hydroxyl groups excluding tert-OH is 2. The number of aromatic carboxylic acids is 1. The summed E-state index contributed by atoms with van der Waals surface area (Å²) in [4.78, 5) is 18.2. The normalized spacial score (nSPS) is 10.7. The first kappa shape index (κ1) is 12.5. The molecule has 0 spiro atoms. The Hall–Kier alpha value is -1.57. The lowest BCUT2D eigenvalue weighted by atomic mass is 10.2. The van der Waals surface area contributed by atoms with Crippen molar-refractivity contribution in [3.63, 3.8) is 0 Å². The molecule has 88 valence electrons. The number of carboxylic acids is 1. The summed E-state index contributed by atoms with van der Waals surface area (Å²) in [7, 11) is 0. The van der Waals surface area contributed by atoms with Gasteiger partial charge in [-0.3, -0.25) is 0 Å². The summed E-state index contributed by atoms with van der Waals surface area (Å²) >= 11 is 0. The van der Waals surface area contributed by atoms with Crippen LogP contribution in [0.4, 0.5) is 0 Å². The molecule has 4 N–H and O–H groups in total. The lowest BCUT2D eigenvalue weighted by Gasteiger charge is -2.13. The van der Waals surface area contributed by atoms with Gasteiger partial charge in [-0.25, -0.2) is 14.8 Å². The average molecular weight is 227 g/mol. The van der Waals surface area contributed by atoms with Gasteiger partial charge in [-0.1, -0.05) is 0 Å². The number of rotatable bonds is 6. The Morgan fingerprint density at radius 3 is 2.69 bits per heavy atom. The molecular formula is C9H13N3O4. The third-order valence-electron chi connectivity index (χ3n) is 2.02. The van der Waals surface area contributed by atoms with Gasteiger partial charge in [0.15, 0.2) is 0 Å². The fourth-order valence-electron chi connectivity index (χ4n) is 1.10. The standard InChI is InChI=1S/C9H13N3O4/c13-3-6(4-14)11-2-8-7(9(15)16)1-10-5-12-8/h1,5-6,11,13-14H,2-4H2,(H,15,16). The van der Waals surface area contributed by atoms with Crippen molar-refractivity contribution in [2.24, 2.45) is 0 Å². The zero-order valence-electron chi connectivity index (χ0n) is 8.50. The van der Waals surface area contributed by atoms with Crippen LogP contribution in [0.3, 0.4) is 0 Å². The molecule has 7 nitrogen and oxygen atoms in total. The molecule has 0 aromatic carbocycles. The van der Waals surface area contributed by atoms with E-state index in [2.05, 4.69) is 15.3 Å². The maximum Gasteiger partial charge on any atom is 0.339 e. The van der Waals surface area contributed by atoms with E-state index in [-0.39, 0.29) is 25.3 Å². The van der Waals surface area contributed by atoms with Gasteiger partial charge in [0.25, 0.3) is 0 Å². The van der Waals surface area contributed by atoms with Gasteiger partial charge in [-0.15, -0.1) is 0 Å². The summed E-state index contributed by atoms with van der Waals surface area (Å²) in [6.45, 7) is -0.316. The molecule has 0 aliphatic rings. The summed E-state index contributed by atoms with van der Waals surface area (Å²) < 4.78 is 0. The molecule has 1 rings (SSSR count). The molecule has 7 heteroatoms. The van der Waals surface area contributed by atoms with Gasteiger partial charge in [-0.2, -0.15) is 0 Å². The number of aliphatic hydroxyl groups is 2. The lowest BCUT2D eigenvalue weighted by Crippen LogP contribution is -2.35. The lowest BCUT2D eigenvalue weighted by molar-refractivity contribution is 0.0694. The highest BCUT2D eigenvalue weighted by molar-refractivity contribution is 5.88. The Morgan fingerprint density at radius 2 is 2.12 bits per heavy atom. The third-order valence-corrected chi connectivity index (χ3v) is 2.02. The molecule has 1 aromatic rings. The van der Waals surface area contributed by atoms with Crippen LogP contribution in [0, 0.1) is 0 Å². The highest BCUT2D eigenvalue weighted by Crippen LogP contribution is 2.03. The number of aromatic nitrogens is 2. The van der Waals surface area contributed by atoms with E-state index in [0.717, 1.165) is 0 Å². The maximum absolute atomic E-state index is 10.8. The summed E-state index contributed by atoms with van der Waals surface area (Å²) in [5.41, 5.74) is 0.319. The molecule has 0 amide bonds. The van der Waals surface area contributed by atoms with Crippen LogP contribution < -0.4 is 5.32 Å². The number of nitrogens with zero attached hydrogens (tertiary/aromatic N) is 2. The van der Waals surface area contributed by atoms with Gasteiger partial charge in [0.2, 0.25) is 0 Å². The van der Waals surface area contributed by atoms with E-state index < -0.39 is 12.0 Å². The minimum atomic E-state index is -1.11. The van der Waals surface area contributed by atoms with Crippen molar-refractivity contribution in [3.05, 3.63) is 23.8 Å². The van der Waals surface area contributed by atoms with E-state index in [0.29, 0.717) is 5.69 Å². The Morgan fingerprint density at radius 1 is 1.44 bits per heavy atom. The topological polar surface area (TPSA) is 116 Å². The van der Waals surface area contributed by atoms with Crippen molar-refractivity contribution in [2.75, 3.05) is 13.2 Å². The molecule has 0 saturated heterocycles. The van der Waals surface area contributed by atoms with Gasteiger partial charge < -0.3 is 20.6 Å². The smallest absolute Gasteiger partial charge is 0.339 e. The van der Waals surface area contributed by atoms with Crippen LogP contribution in [0.2, 0.25) is 0 Å². The van der Waals surface area contributed by atoms with Crippen LogP contribution in [-0.4, -0.2) is 50.5 Å². The minimum absolute atomic E-state index is 0.00429. The maximum atomic E-state index is 10.8. The number of carbonyl (C=O) groups is 1. The number of hydrogen-bond acceptors (Lipinski definition) is 6. The van der Waals surface area contributed by atoms with E-state index in [1.165, 1.54) is 12.5 Å². The fourth-order valence-corrected chi connectivity index (χ4v) is 1.10. The molecule has 0 saturated carbocycles. The summed E-state index contributed by atoms with van der Waals surface area (Å²) in [5, 5.41) is 29.2. The van der Waals surface area contributed by atoms with Crippen molar-refractivity contribution >= 4 is 5.97 Å². The second-order valence-electron chi connectivity index (χ2n) is 3.13. The summed E-state index contributed by atoms with van der Waals surface area (Å²) in [6.07, 6.45) is 2.45. The first-order valence-corrected chi connectivity index (χ1v) is 4.66. The van der Waals surface area contributed by atoms with Crippen LogP contribution >= 0.6 is 0 Å². The Bertz CT molecular complexity index is 354. The van der Waals surface area contributed by atoms with E-state index >= 15 is 0 Å². The van der Waals surface area contributed by atoms with Crippen LogP contribution in [0.1, 0.15) is 16.1 Å². The third kappa shape index (κ3) is 3.23. The first-order valence-electron chi connectivity index (χ1n) is 4.66. The van der Waals surface area contributed by atoms with E-state index in [9.17, 15) is 4.79 Å². The zero-order valence-corrected chi connectivity index (χ0v) is 8.50. The van der Waals surface area contributed by atoms with E-state index in [4.69, 9.17) is 15.3 Å². The highest BCUT2D eigenvalue weighted by Gasteiger charge is 2.12. The molecule has 1 aromatic heterocycles. The monoisotopic (exact) mass is 227 g/mol. The molecular weight excluding hydrogens is 214 g/mol. The molecule has 0 atom stereocenters. The van der Waals surface area contributed by atoms with Crippen LogP contribution in [0.5, 0.6) is 0 Å². The summed E-state index contributed by atoms with van der Waals surface area (Å²) in [6, 6.07) is -0.489. The molecule has 0 radical (unpaired) electrons. The molecule has 0 unspecified atom stereocenters. The van der Waals surface area contributed by atoms with Gasteiger partial charge in [0.05, 0.1) is 24.9 Å². The number of carboxylic acid groups (broad SMARTS) is 1. The SMILES string of the molecule is O=C(O)c1cncnc1CNC(CO)CO. The van der Waals surface area contributed by atoms with Gasteiger partial charge >= 0.3 is 5.97 Å². The minimum Gasteiger partial charge on any atom is -0.478 e. The van der Waals surface area contributed by atoms with Crippen molar-refractivity contribution < 1.29 is 20.1 Å². The largest absolute Gasteiger partial charge is 0.478 e. The van der Waals surface area contributed by atoms with E-state index in [1.807, 2.05) is 0 Å². The Balaban J connectivity index is 2.69. The van der Waals surface area contributed by atoms with Crippen LogP contribution in [0.15, 0.2) is 12.5 Å². The van der Waals surface area contributed by atoms with Crippen molar-refractivity contribution in [2.45, 2.75) is 12.6 Å². The number of hydrogen-bond donors (Lipinski definition) is 4. The summed E-state index contributed by atoms with van der Waals surface area (Å²) in [5.74, 6) is -1.11. The van der Waals surface area contributed by atoms with Crippen molar-refractivity contribution in [1.29, 1.82) is 0 Å². The highest BCUT2D eigenvalue weighted by atomic mass is 16.4. The Labute approximate surface area is 91.8 Å². The van der Waals surface area contributed by atoms with E-state index in [1.54, 1.807) is 0 Å². The van der Waals surface area contributed by atoms with Gasteiger partial charge in [0.1, 0.15) is 11.9 Å². The van der Waals surface area contributed by atoms with Crippen molar-refractivity contribution in [3.8, 4) is 0 Å². The molecule has 1 heterocycles. The molecule has 0 aliphatic carbocycles. The first-order chi connectivity index (χ1) is 7.69. The average Bonchev–Trinajstić information content (AvgIpc) is 2.30. The zero-order chi connectivity index (χ0) is 12.0. The second-order valence-corrected chi connectivity index (χ2v) is 3.13. The molecule has 0 aliphatic heterocycles. The Kier molecular flexibility index (Phi) is 4.77.